The lowest BCUT2D eigenvalue weighted by atomic mass is 10.1. The van der Waals surface area contributed by atoms with Crippen LogP contribution in [0.3, 0.4) is 0 Å². The zero-order valence-corrected chi connectivity index (χ0v) is 16.0. The van der Waals surface area contributed by atoms with Crippen LogP contribution in [-0.4, -0.2) is 30.4 Å². The number of imide groups is 1. The number of hydrogen-bond acceptors (Lipinski definition) is 4. The van der Waals surface area contributed by atoms with Gasteiger partial charge in [-0.25, -0.2) is 0 Å². The lowest BCUT2D eigenvalue weighted by molar-refractivity contribution is -0.137. The molecule has 0 aliphatic carbocycles. The summed E-state index contributed by atoms with van der Waals surface area (Å²) >= 11 is 6.21. The highest BCUT2D eigenvalue weighted by molar-refractivity contribution is 6.55. The number of hydrogen-bond donors (Lipinski definition) is 0. The van der Waals surface area contributed by atoms with Crippen LogP contribution in [-0.2, 0) is 16.1 Å². The van der Waals surface area contributed by atoms with Crippen molar-refractivity contribution in [3.05, 3.63) is 64.7 Å². The van der Waals surface area contributed by atoms with Crippen LogP contribution < -0.4 is 9.47 Å². The van der Waals surface area contributed by atoms with Crippen molar-refractivity contribution < 1.29 is 19.1 Å². The molecule has 0 saturated carbocycles. The highest BCUT2D eigenvalue weighted by atomic mass is 35.5. The van der Waals surface area contributed by atoms with Gasteiger partial charge in [-0.1, -0.05) is 42.8 Å². The van der Waals surface area contributed by atoms with Crippen molar-refractivity contribution in [2.75, 3.05) is 13.7 Å². The highest BCUT2D eigenvalue weighted by Gasteiger charge is 2.38. The third-order valence-corrected chi connectivity index (χ3v) is 4.58. The van der Waals surface area contributed by atoms with Crippen molar-refractivity contribution in [3.8, 4) is 11.5 Å². The Balaban J connectivity index is 1.78. The molecule has 5 nitrogen and oxygen atoms in total. The van der Waals surface area contributed by atoms with Crippen molar-refractivity contribution in [1.82, 2.24) is 4.90 Å². The number of amides is 2. The third-order valence-electron chi connectivity index (χ3n) is 4.23. The van der Waals surface area contributed by atoms with E-state index in [1.165, 1.54) is 0 Å². The molecule has 0 radical (unpaired) electrons. The second-order valence-electron chi connectivity index (χ2n) is 6.11. The topological polar surface area (TPSA) is 55.8 Å². The molecule has 2 aromatic carbocycles. The lowest BCUT2D eigenvalue weighted by Gasteiger charge is -2.15. The van der Waals surface area contributed by atoms with Gasteiger partial charge in [0.05, 0.1) is 25.8 Å². The van der Waals surface area contributed by atoms with Crippen molar-refractivity contribution in [2.24, 2.45) is 0 Å². The Morgan fingerprint density at radius 1 is 0.926 bits per heavy atom. The van der Waals surface area contributed by atoms with E-state index >= 15 is 0 Å². The molecule has 6 heteroatoms. The van der Waals surface area contributed by atoms with E-state index in [9.17, 15) is 9.59 Å². The molecule has 0 atom stereocenters. The van der Waals surface area contributed by atoms with Gasteiger partial charge >= 0.3 is 0 Å². The fourth-order valence-corrected chi connectivity index (χ4v) is 3.08. The number of halogens is 1. The predicted octanol–water partition coefficient (Wildman–Crippen LogP) is 4.00. The minimum Gasteiger partial charge on any atom is -0.497 e. The Labute approximate surface area is 163 Å². The van der Waals surface area contributed by atoms with Gasteiger partial charge in [-0.2, -0.15) is 0 Å². The van der Waals surface area contributed by atoms with E-state index < -0.39 is 11.8 Å². The van der Waals surface area contributed by atoms with E-state index in [2.05, 4.69) is 0 Å². The average Bonchev–Trinajstić information content (AvgIpc) is 2.91. The van der Waals surface area contributed by atoms with Crippen LogP contribution in [0, 0.1) is 0 Å². The van der Waals surface area contributed by atoms with Crippen LogP contribution >= 0.6 is 11.6 Å². The molecule has 1 aliphatic heterocycles. The van der Waals surface area contributed by atoms with Gasteiger partial charge < -0.3 is 9.47 Å². The molecule has 1 heterocycles. The van der Waals surface area contributed by atoms with Gasteiger partial charge in [0, 0.05) is 0 Å². The summed E-state index contributed by atoms with van der Waals surface area (Å²) in [6, 6.07) is 14.2. The van der Waals surface area contributed by atoms with Crippen LogP contribution in [0.1, 0.15) is 24.5 Å². The van der Waals surface area contributed by atoms with Crippen LogP contribution in [0.15, 0.2) is 53.6 Å². The number of ether oxygens (including phenoxy) is 2. The molecule has 0 fully saturated rings. The molecule has 0 bridgehead atoms. The average molecular weight is 386 g/mol. The number of carbonyl (C=O) groups excluding carboxylic acids is 2. The van der Waals surface area contributed by atoms with Gasteiger partial charge in [0.15, 0.2) is 0 Å². The molecular weight excluding hydrogens is 366 g/mol. The van der Waals surface area contributed by atoms with Crippen molar-refractivity contribution in [2.45, 2.75) is 19.9 Å². The number of methoxy groups -OCH3 is 1. The Bertz CT molecular complexity index is 872. The summed E-state index contributed by atoms with van der Waals surface area (Å²) in [4.78, 5) is 26.5. The maximum Gasteiger partial charge on any atom is 0.273 e. The van der Waals surface area contributed by atoms with Gasteiger partial charge in [-0.05, 0) is 41.8 Å². The third kappa shape index (κ3) is 3.98. The molecule has 0 saturated heterocycles. The molecular formula is C21H20ClNO4. The summed E-state index contributed by atoms with van der Waals surface area (Å²) in [6.07, 6.45) is 0.909. The van der Waals surface area contributed by atoms with Crippen LogP contribution in [0.5, 0.6) is 11.5 Å². The summed E-state index contributed by atoms with van der Waals surface area (Å²) in [5.41, 5.74) is 1.63. The van der Waals surface area contributed by atoms with E-state index in [1.807, 2.05) is 19.1 Å². The van der Waals surface area contributed by atoms with E-state index in [1.54, 1.807) is 43.5 Å². The minimum absolute atomic E-state index is 0.0595. The zero-order valence-electron chi connectivity index (χ0n) is 15.2. The van der Waals surface area contributed by atoms with Gasteiger partial charge in [0.2, 0.25) is 0 Å². The monoisotopic (exact) mass is 385 g/mol. The first-order valence-electron chi connectivity index (χ1n) is 8.67. The Morgan fingerprint density at radius 2 is 1.56 bits per heavy atom. The van der Waals surface area contributed by atoms with Gasteiger partial charge in [0.1, 0.15) is 16.5 Å². The fourth-order valence-electron chi connectivity index (χ4n) is 2.79. The van der Waals surface area contributed by atoms with E-state index in [0.29, 0.717) is 23.7 Å². The zero-order chi connectivity index (χ0) is 19.4. The SMILES string of the molecule is CCCOc1ccc(C2=C(Cl)C(=O)N(Cc3ccc(OC)cc3)C2=O)cc1. The maximum absolute atomic E-state index is 12.8. The van der Waals surface area contributed by atoms with E-state index in [4.69, 9.17) is 21.1 Å². The molecule has 0 aromatic heterocycles. The Hall–Kier alpha value is -2.79. The first-order chi connectivity index (χ1) is 13.0. The summed E-state index contributed by atoms with van der Waals surface area (Å²) < 4.78 is 10.7. The highest BCUT2D eigenvalue weighted by Crippen LogP contribution is 2.33. The number of benzene rings is 2. The number of carbonyl (C=O) groups is 2. The smallest absolute Gasteiger partial charge is 0.273 e. The Kier molecular flexibility index (Phi) is 5.81. The van der Waals surface area contributed by atoms with Gasteiger partial charge in [-0.15, -0.1) is 0 Å². The van der Waals surface area contributed by atoms with Gasteiger partial charge in [-0.3, -0.25) is 14.5 Å². The summed E-state index contributed by atoms with van der Waals surface area (Å²) in [6.45, 7) is 2.80. The molecule has 0 N–H and O–H groups in total. The molecule has 27 heavy (non-hydrogen) atoms. The largest absolute Gasteiger partial charge is 0.497 e. The normalized spacial score (nSPS) is 14.1. The maximum atomic E-state index is 12.8. The Morgan fingerprint density at radius 3 is 2.15 bits per heavy atom. The standard InChI is InChI=1S/C21H20ClNO4/c1-3-12-27-17-10-6-15(7-11-17)18-19(22)21(25)23(20(18)24)13-14-4-8-16(26-2)9-5-14/h4-11H,3,12-13H2,1-2H3. The van der Waals surface area contributed by atoms with E-state index in [0.717, 1.165) is 16.9 Å². The van der Waals surface area contributed by atoms with Crippen molar-refractivity contribution in [1.29, 1.82) is 0 Å². The van der Waals surface area contributed by atoms with E-state index in [-0.39, 0.29) is 17.2 Å². The minimum atomic E-state index is -0.487. The fraction of sp³-hybridized carbons (Fsp3) is 0.238. The molecule has 3 rings (SSSR count). The molecule has 1 aliphatic rings. The van der Waals surface area contributed by atoms with Crippen LogP contribution in [0.2, 0.25) is 0 Å². The van der Waals surface area contributed by atoms with Crippen LogP contribution in [0.25, 0.3) is 5.57 Å². The first kappa shape index (κ1) is 19.0. The molecule has 0 unspecified atom stereocenters. The first-order valence-corrected chi connectivity index (χ1v) is 9.05. The summed E-state index contributed by atoms with van der Waals surface area (Å²) in [5.74, 6) is 0.533. The number of rotatable bonds is 7. The van der Waals surface area contributed by atoms with Gasteiger partial charge in [0.25, 0.3) is 11.8 Å². The second kappa shape index (κ2) is 8.27. The van der Waals surface area contributed by atoms with Crippen molar-refractivity contribution in [3.63, 3.8) is 0 Å². The molecule has 140 valence electrons. The predicted molar refractivity (Wildman–Crippen MR) is 104 cm³/mol. The quantitative estimate of drug-likeness (QED) is 0.676. The number of nitrogens with zero attached hydrogens (tertiary/aromatic N) is 1. The molecule has 2 amide bonds. The molecule has 2 aromatic rings. The second-order valence-corrected chi connectivity index (χ2v) is 6.48. The summed E-state index contributed by atoms with van der Waals surface area (Å²) in [5, 5.41) is -0.0595. The lowest BCUT2D eigenvalue weighted by Crippen LogP contribution is -2.30. The van der Waals surface area contributed by atoms with Crippen LogP contribution in [0.4, 0.5) is 0 Å². The van der Waals surface area contributed by atoms with Crippen molar-refractivity contribution >= 4 is 29.0 Å². The molecule has 0 spiro atoms. The summed E-state index contributed by atoms with van der Waals surface area (Å²) in [7, 11) is 1.58.